The fourth-order valence-electron chi connectivity index (χ4n) is 10.9. The highest BCUT2D eigenvalue weighted by molar-refractivity contribution is 7.23. The van der Waals surface area contributed by atoms with Crippen molar-refractivity contribution in [3.8, 4) is 43.1 Å². The second-order valence-corrected chi connectivity index (χ2v) is 26.5. The molecule has 0 saturated carbocycles. The van der Waals surface area contributed by atoms with Gasteiger partial charge in [-0.3, -0.25) is 0 Å². The molecule has 0 spiro atoms. The zero-order valence-electron chi connectivity index (χ0n) is 49.8. The summed E-state index contributed by atoms with van der Waals surface area (Å²) in [5.41, 5.74) is 24.2. The molecule has 0 bridgehead atoms. The van der Waals surface area contributed by atoms with Gasteiger partial charge in [0.2, 0.25) is 0 Å². The Balaban J connectivity index is 0.000000105. The van der Waals surface area contributed by atoms with Crippen molar-refractivity contribution in [3.63, 3.8) is 0 Å². The molecule has 0 radical (unpaired) electrons. The lowest BCUT2D eigenvalue weighted by molar-refractivity contribution is 0.628. The zero-order chi connectivity index (χ0) is 59.1. The Labute approximate surface area is 509 Å². The Morgan fingerprint density at radius 3 is 1.09 bits per heavy atom. The van der Waals surface area contributed by atoms with Gasteiger partial charge in [0.1, 0.15) is 22.3 Å². The third-order valence-corrected chi connectivity index (χ3v) is 20.7. The average Bonchev–Trinajstić information content (AvgIpc) is 2.50. The predicted molar refractivity (Wildman–Crippen MR) is 361 cm³/mol. The van der Waals surface area contributed by atoms with E-state index in [0.29, 0.717) is 0 Å². The molecule has 85 heavy (non-hydrogen) atoms. The Bertz CT molecular complexity index is 4950. The minimum atomic E-state index is 0.853. The van der Waals surface area contributed by atoms with Crippen LogP contribution in [0.3, 0.4) is 0 Å². The molecule has 422 valence electrons. The fourth-order valence-corrected chi connectivity index (χ4v) is 15.2. The smallest absolute Gasteiger partial charge is 0.164 e. The minimum Gasteiger partial charge on any atom is -0.454 e. The number of nitrogens with zero attached hydrogens (tertiary/aromatic N) is 4. The summed E-state index contributed by atoms with van der Waals surface area (Å²) >= 11 is 6.83. The third-order valence-electron chi connectivity index (χ3n) is 15.9. The quantitative estimate of drug-likeness (QED) is 0.172. The molecule has 8 aromatic heterocycles. The molecule has 0 saturated heterocycles. The molecule has 8 nitrogen and oxygen atoms in total. The van der Waals surface area contributed by atoms with Crippen LogP contribution in [-0.2, 0) is 0 Å². The first kappa shape index (κ1) is 55.7. The lowest BCUT2D eigenvalue weighted by Gasteiger charge is -1.96. The average molecular weight is 1190 g/mol. The number of para-hydroxylation sites is 1. The van der Waals surface area contributed by atoms with Crippen molar-refractivity contribution >= 4 is 130 Å². The molecule has 8 heterocycles. The molecule has 0 aliphatic heterocycles. The molecule has 0 amide bonds. The van der Waals surface area contributed by atoms with E-state index in [2.05, 4.69) is 199 Å². The Kier molecular flexibility index (Phi) is 14.5. The molecule has 0 fully saturated rings. The van der Waals surface area contributed by atoms with Crippen molar-refractivity contribution in [1.82, 2.24) is 19.9 Å². The van der Waals surface area contributed by atoms with E-state index in [0.717, 1.165) is 92.9 Å². The van der Waals surface area contributed by atoms with Gasteiger partial charge in [-0.15, -0.1) is 45.3 Å². The largest absolute Gasteiger partial charge is 0.454 e. The molecule has 0 N–H and O–H groups in total. The van der Waals surface area contributed by atoms with Crippen LogP contribution < -0.4 is 0 Å². The normalized spacial score (nSPS) is 11.6. The molecule has 8 aromatic carbocycles. The minimum absolute atomic E-state index is 0.853. The van der Waals surface area contributed by atoms with E-state index >= 15 is 0 Å². The number of furan rings is 4. The van der Waals surface area contributed by atoms with E-state index in [9.17, 15) is 0 Å². The SMILES string of the molecule is Cc1cc(C)c2cc(-c3nc4c(C)ccc(C)c4s3)oc2c1.Cc1ccc(C)c2oc(-c3nc4c(C)ccc(C)c4s3)cc12.Cc1ccc(C)c2sc(-c3cc4ccccc4o3)nc12.Cc1cccc2oc(-c3nc4c(C)ccc(C)c4s3)cc12. The van der Waals surface area contributed by atoms with Crippen LogP contribution in [0.4, 0.5) is 0 Å². The second kappa shape index (κ2) is 22.2. The van der Waals surface area contributed by atoms with Crippen molar-refractivity contribution in [3.05, 3.63) is 212 Å². The van der Waals surface area contributed by atoms with Gasteiger partial charge in [-0.05, 0) is 205 Å². The maximum Gasteiger partial charge on any atom is 0.164 e. The van der Waals surface area contributed by atoms with E-state index < -0.39 is 0 Å². The number of thiazole rings is 4. The summed E-state index contributed by atoms with van der Waals surface area (Å²) < 4.78 is 29.1. The highest BCUT2D eigenvalue weighted by atomic mass is 32.1. The second-order valence-electron chi connectivity index (χ2n) is 22.5. The number of benzene rings is 8. The Hall–Kier alpha value is -8.52. The predicted octanol–water partition coefficient (Wildman–Crippen LogP) is 22.8. The van der Waals surface area contributed by atoms with Gasteiger partial charge in [0.05, 0.1) is 40.9 Å². The van der Waals surface area contributed by atoms with Crippen LogP contribution in [0.15, 0.2) is 157 Å². The van der Waals surface area contributed by atoms with Gasteiger partial charge in [0, 0.05) is 21.5 Å². The summed E-state index contributed by atoms with van der Waals surface area (Å²) in [7, 11) is 0. The van der Waals surface area contributed by atoms with Gasteiger partial charge < -0.3 is 17.7 Å². The number of aromatic nitrogens is 4. The monoisotopic (exact) mass is 1190 g/mol. The summed E-state index contributed by atoms with van der Waals surface area (Å²) in [6, 6.07) is 48.3. The number of rotatable bonds is 4. The van der Waals surface area contributed by atoms with Crippen LogP contribution in [0.1, 0.15) is 72.3 Å². The first-order valence-electron chi connectivity index (χ1n) is 28.4. The molecule has 0 unspecified atom stereocenters. The van der Waals surface area contributed by atoms with Crippen LogP contribution in [-0.4, -0.2) is 19.9 Å². The molecule has 16 rings (SSSR count). The van der Waals surface area contributed by atoms with Crippen LogP contribution >= 0.6 is 45.3 Å². The standard InChI is InChI=1S/2C19H17NOS.C18H15NOS.C17H13NOS/c1-10-5-7-12(3)17-14(10)9-15(21-17)19-20-16-11(2)6-8-13(4)18(16)22-19;1-10-7-13(4)14-9-16(21-15(14)8-10)19-20-17-11(2)5-6-12(3)18(17)22-19;1-10-5-4-6-14-13(10)9-15(20-14)18-19-16-11(2)7-8-12(3)17(16)21-18;1-10-7-8-11(2)16-15(10)18-17(20-16)14-9-12-5-3-4-6-13(12)19-14/h2*5-9H,1-4H3;4-9H,1-3H3;3-9H,1-2H3. The van der Waals surface area contributed by atoms with E-state index in [1.54, 1.807) is 45.3 Å². The molecule has 16 aromatic rings. The summed E-state index contributed by atoms with van der Waals surface area (Å²) in [5, 5.41) is 8.47. The van der Waals surface area contributed by atoms with Gasteiger partial charge in [-0.25, -0.2) is 19.9 Å². The van der Waals surface area contributed by atoms with E-state index in [1.165, 1.54) is 107 Å². The fraction of sp³-hybridized carbons (Fsp3) is 0.178. The van der Waals surface area contributed by atoms with Crippen molar-refractivity contribution in [1.29, 1.82) is 0 Å². The third kappa shape index (κ3) is 10.5. The lowest BCUT2D eigenvalue weighted by atomic mass is 10.1. The summed E-state index contributed by atoms with van der Waals surface area (Å²) in [6.07, 6.45) is 0. The topological polar surface area (TPSA) is 104 Å². The number of hydrogen-bond donors (Lipinski definition) is 0. The highest BCUT2D eigenvalue weighted by Gasteiger charge is 2.20. The van der Waals surface area contributed by atoms with Crippen molar-refractivity contribution in [2.24, 2.45) is 0 Å². The molecular weight excluding hydrogens is 1130 g/mol. The molecule has 0 aliphatic carbocycles. The van der Waals surface area contributed by atoms with Crippen LogP contribution in [0.2, 0.25) is 0 Å². The maximum atomic E-state index is 6.12. The summed E-state index contributed by atoms with van der Waals surface area (Å²) in [5.74, 6) is 3.45. The Morgan fingerprint density at radius 1 is 0.271 bits per heavy atom. The number of aryl methyl sites for hydroxylation is 13. The van der Waals surface area contributed by atoms with Crippen molar-refractivity contribution in [2.45, 2.75) is 90.0 Å². The number of fused-ring (bicyclic) bond motifs is 8. The van der Waals surface area contributed by atoms with Crippen molar-refractivity contribution < 1.29 is 17.7 Å². The van der Waals surface area contributed by atoms with E-state index in [4.69, 9.17) is 37.6 Å². The Morgan fingerprint density at radius 2 is 0.635 bits per heavy atom. The van der Waals surface area contributed by atoms with E-state index in [-0.39, 0.29) is 0 Å². The van der Waals surface area contributed by atoms with Gasteiger partial charge in [0.25, 0.3) is 0 Å². The van der Waals surface area contributed by atoms with Gasteiger partial charge in [0.15, 0.2) is 43.1 Å². The van der Waals surface area contributed by atoms with Crippen molar-refractivity contribution in [2.75, 3.05) is 0 Å². The number of hydrogen-bond acceptors (Lipinski definition) is 12. The first-order valence-corrected chi connectivity index (χ1v) is 31.7. The van der Waals surface area contributed by atoms with E-state index in [1.807, 2.05) is 30.3 Å². The highest BCUT2D eigenvalue weighted by Crippen LogP contribution is 2.42. The molecule has 0 aliphatic rings. The zero-order valence-corrected chi connectivity index (χ0v) is 53.1. The van der Waals surface area contributed by atoms with Crippen LogP contribution in [0.5, 0.6) is 0 Å². The van der Waals surface area contributed by atoms with Gasteiger partial charge in [-0.1, -0.05) is 97.1 Å². The first-order chi connectivity index (χ1) is 40.9. The van der Waals surface area contributed by atoms with Crippen LogP contribution in [0, 0.1) is 90.0 Å². The molecule has 0 atom stereocenters. The van der Waals surface area contributed by atoms with Gasteiger partial charge in [-0.2, -0.15) is 0 Å². The molecular formula is C73H62N4O4S4. The van der Waals surface area contributed by atoms with Crippen LogP contribution in [0.25, 0.3) is 128 Å². The summed E-state index contributed by atoms with van der Waals surface area (Å²) in [6.45, 7) is 27.5. The lowest BCUT2D eigenvalue weighted by Crippen LogP contribution is -1.79. The summed E-state index contributed by atoms with van der Waals surface area (Å²) in [4.78, 5) is 19.2. The van der Waals surface area contributed by atoms with Gasteiger partial charge >= 0.3 is 0 Å². The molecule has 12 heteroatoms. The maximum absolute atomic E-state index is 6.12.